The molecule has 8 nitrogen and oxygen atoms in total. The molecule has 0 fully saturated rings. The molecule has 1 aromatic heterocycles. The van der Waals surface area contributed by atoms with E-state index in [1.165, 1.54) is 10.8 Å². The van der Waals surface area contributed by atoms with E-state index in [-0.39, 0.29) is 24.6 Å². The molecular formula is C14H17N5O3. The van der Waals surface area contributed by atoms with Gasteiger partial charge in [-0.2, -0.15) is 10.2 Å². The average Bonchev–Trinajstić information content (AvgIpc) is 3.17. The standard InChI is InChI=1S/C14H17N5O3/c1-3-4-6-14(17-18-14)7-5-12(20)16-9-11-15-8-10(13(21)22)19(11)2/h1,8H,4-7,9H2,2H3,(H,16,20)(H,21,22). The molecule has 2 rings (SSSR count). The van der Waals surface area contributed by atoms with Crippen molar-refractivity contribution in [1.29, 1.82) is 0 Å². The number of hydrogen-bond acceptors (Lipinski definition) is 5. The number of hydrogen-bond donors (Lipinski definition) is 2. The zero-order chi connectivity index (χ0) is 16.2. The Hall–Kier alpha value is -2.69. The Balaban J connectivity index is 1.77. The van der Waals surface area contributed by atoms with Gasteiger partial charge in [-0.1, -0.05) is 0 Å². The third-order valence-electron chi connectivity index (χ3n) is 3.55. The molecule has 116 valence electrons. The summed E-state index contributed by atoms with van der Waals surface area (Å²) in [5.74, 6) is 1.81. The zero-order valence-corrected chi connectivity index (χ0v) is 12.2. The molecule has 0 unspecified atom stereocenters. The van der Waals surface area contributed by atoms with Gasteiger partial charge in [-0.3, -0.25) is 4.79 Å². The first kappa shape index (κ1) is 15.7. The van der Waals surface area contributed by atoms with Gasteiger partial charge >= 0.3 is 5.97 Å². The molecule has 0 saturated heterocycles. The molecule has 1 amide bonds. The summed E-state index contributed by atoms with van der Waals surface area (Å²) in [6, 6.07) is 0. The number of rotatable bonds is 8. The lowest BCUT2D eigenvalue weighted by Gasteiger charge is -2.09. The van der Waals surface area contributed by atoms with Gasteiger partial charge < -0.3 is 15.0 Å². The minimum absolute atomic E-state index is 0.0769. The van der Waals surface area contributed by atoms with E-state index < -0.39 is 11.6 Å². The lowest BCUT2D eigenvalue weighted by atomic mass is 10.0. The van der Waals surface area contributed by atoms with Gasteiger partial charge in [0, 0.05) is 32.7 Å². The number of aromatic carboxylic acids is 1. The van der Waals surface area contributed by atoms with Gasteiger partial charge in [0.1, 0.15) is 11.5 Å². The molecule has 1 aliphatic rings. The first-order valence-electron chi connectivity index (χ1n) is 6.85. The molecule has 0 saturated carbocycles. The van der Waals surface area contributed by atoms with Gasteiger partial charge in [0.25, 0.3) is 0 Å². The number of carbonyl (C=O) groups excluding carboxylic acids is 1. The first-order valence-corrected chi connectivity index (χ1v) is 6.85. The monoisotopic (exact) mass is 303 g/mol. The fourth-order valence-corrected chi connectivity index (χ4v) is 2.06. The Morgan fingerprint density at radius 3 is 2.73 bits per heavy atom. The van der Waals surface area contributed by atoms with E-state index in [1.54, 1.807) is 7.05 Å². The van der Waals surface area contributed by atoms with E-state index in [2.05, 4.69) is 26.4 Å². The maximum atomic E-state index is 11.8. The van der Waals surface area contributed by atoms with Crippen LogP contribution in [0.5, 0.6) is 0 Å². The number of imidazole rings is 1. The quantitative estimate of drug-likeness (QED) is 0.700. The number of aromatic nitrogens is 2. The van der Waals surface area contributed by atoms with Crippen molar-refractivity contribution in [2.45, 2.75) is 37.9 Å². The van der Waals surface area contributed by atoms with Gasteiger partial charge in [-0.25, -0.2) is 9.78 Å². The van der Waals surface area contributed by atoms with Crippen LogP contribution in [0.15, 0.2) is 16.4 Å². The lowest BCUT2D eigenvalue weighted by Crippen LogP contribution is -2.26. The molecular weight excluding hydrogens is 286 g/mol. The summed E-state index contributed by atoms with van der Waals surface area (Å²) >= 11 is 0. The molecule has 1 aliphatic heterocycles. The molecule has 0 aliphatic carbocycles. The van der Waals surface area contributed by atoms with E-state index >= 15 is 0 Å². The van der Waals surface area contributed by atoms with Crippen LogP contribution in [-0.2, 0) is 18.4 Å². The topological polar surface area (TPSA) is 109 Å². The summed E-state index contributed by atoms with van der Waals surface area (Å²) in [5, 5.41) is 19.6. The number of nitrogens with one attached hydrogen (secondary N) is 1. The molecule has 2 heterocycles. The van der Waals surface area contributed by atoms with Crippen molar-refractivity contribution in [2.75, 3.05) is 0 Å². The second-order valence-electron chi connectivity index (χ2n) is 5.09. The Bertz CT molecular complexity index is 650. The molecule has 8 heteroatoms. The highest BCUT2D eigenvalue weighted by molar-refractivity contribution is 5.85. The number of terminal acetylenes is 1. The Morgan fingerprint density at radius 2 is 2.18 bits per heavy atom. The highest BCUT2D eigenvalue weighted by atomic mass is 16.4. The van der Waals surface area contributed by atoms with Crippen molar-refractivity contribution in [1.82, 2.24) is 14.9 Å². The summed E-state index contributed by atoms with van der Waals surface area (Å²) in [6.45, 7) is 0.175. The predicted molar refractivity (Wildman–Crippen MR) is 76.9 cm³/mol. The second-order valence-corrected chi connectivity index (χ2v) is 5.09. The van der Waals surface area contributed by atoms with Crippen molar-refractivity contribution >= 4 is 11.9 Å². The zero-order valence-electron chi connectivity index (χ0n) is 12.2. The number of amides is 1. The molecule has 22 heavy (non-hydrogen) atoms. The molecule has 0 spiro atoms. The summed E-state index contributed by atoms with van der Waals surface area (Å²) in [6.07, 6.45) is 8.53. The Labute approximate surface area is 127 Å². The second kappa shape index (κ2) is 6.39. The Kier molecular flexibility index (Phi) is 4.56. The van der Waals surface area contributed by atoms with Crippen LogP contribution in [0.3, 0.4) is 0 Å². The minimum Gasteiger partial charge on any atom is -0.477 e. The van der Waals surface area contributed by atoms with Crippen LogP contribution in [0, 0.1) is 12.3 Å². The van der Waals surface area contributed by atoms with Crippen LogP contribution in [0.4, 0.5) is 0 Å². The average molecular weight is 303 g/mol. The van der Waals surface area contributed by atoms with Crippen molar-refractivity contribution < 1.29 is 14.7 Å². The van der Waals surface area contributed by atoms with E-state index in [4.69, 9.17) is 11.5 Å². The fourth-order valence-electron chi connectivity index (χ4n) is 2.06. The maximum absolute atomic E-state index is 11.8. The lowest BCUT2D eigenvalue weighted by molar-refractivity contribution is -0.121. The molecule has 2 N–H and O–H groups in total. The number of carboxylic acid groups (broad SMARTS) is 1. The normalized spacial score (nSPS) is 14.4. The molecule has 0 bridgehead atoms. The predicted octanol–water partition coefficient (Wildman–Crippen LogP) is 1.09. The van der Waals surface area contributed by atoms with Gasteiger partial charge in [-0.05, 0) is 0 Å². The van der Waals surface area contributed by atoms with E-state index in [1.807, 2.05) is 0 Å². The van der Waals surface area contributed by atoms with E-state index in [9.17, 15) is 9.59 Å². The van der Waals surface area contributed by atoms with E-state index in [0.29, 0.717) is 25.1 Å². The van der Waals surface area contributed by atoms with E-state index in [0.717, 1.165) is 0 Å². The third kappa shape index (κ3) is 3.69. The summed E-state index contributed by atoms with van der Waals surface area (Å²) in [7, 11) is 1.59. The molecule has 1 aromatic rings. The third-order valence-corrected chi connectivity index (χ3v) is 3.55. The summed E-state index contributed by atoms with van der Waals surface area (Å²) in [5.41, 5.74) is -0.392. The van der Waals surface area contributed by atoms with Crippen molar-refractivity contribution in [3.8, 4) is 12.3 Å². The number of nitrogens with zero attached hydrogens (tertiary/aromatic N) is 4. The van der Waals surface area contributed by atoms with Gasteiger partial charge in [0.05, 0.1) is 12.7 Å². The van der Waals surface area contributed by atoms with Crippen LogP contribution < -0.4 is 5.32 Å². The van der Waals surface area contributed by atoms with Crippen LogP contribution in [-0.4, -0.2) is 32.2 Å². The SMILES string of the molecule is C#CCCC1(CCC(=O)NCc2ncc(C(=O)O)n2C)N=N1. The molecule has 0 aromatic carbocycles. The van der Waals surface area contributed by atoms with Crippen molar-refractivity contribution in [3.05, 3.63) is 17.7 Å². The molecule has 0 atom stereocenters. The highest BCUT2D eigenvalue weighted by Crippen LogP contribution is 2.37. The fraction of sp³-hybridized carbons (Fsp3) is 0.500. The smallest absolute Gasteiger partial charge is 0.354 e. The van der Waals surface area contributed by atoms with Crippen LogP contribution in [0.1, 0.15) is 42.0 Å². The van der Waals surface area contributed by atoms with Crippen LogP contribution in [0.25, 0.3) is 0 Å². The van der Waals surface area contributed by atoms with Gasteiger partial charge in [0.15, 0.2) is 5.66 Å². The first-order chi connectivity index (χ1) is 10.5. The van der Waals surface area contributed by atoms with Crippen LogP contribution in [0.2, 0.25) is 0 Å². The maximum Gasteiger partial charge on any atom is 0.354 e. The summed E-state index contributed by atoms with van der Waals surface area (Å²) < 4.78 is 1.43. The van der Waals surface area contributed by atoms with Crippen molar-refractivity contribution in [3.63, 3.8) is 0 Å². The molecule has 0 radical (unpaired) electrons. The number of carbonyl (C=O) groups is 2. The summed E-state index contributed by atoms with van der Waals surface area (Å²) in [4.78, 5) is 26.7. The highest BCUT2D eigenvalue weighted by Gasteiger charge is 2.39. The Morgan fingerprint density at radius 1 is 1.45 bits per heavy atom. The van der Waals surface area contributed by atoms with Crippen molar-refractivity contribution in [2.24, 2.45) is 17.3 Å². The minimum atomic E-state index is -1.06. The van der Waals surface area contributed by atoms with Crippen LogP contribution >= 0.6 is 0 Å². The van der Waals surface area contributed by atoms with Gasteiger partial charge in [0.2, 0.25) is 5.91 Å². The number of carboxylic acids is 1. The van der Waals surface area contributed by atoms with Gasteiger partial charge in [-0.15, -0.1) is 12.3 Å². The largest absolute Gasteiger partial charge is 0.477 e.